The molecule has 21 heavy (non-hydrogen) atoms. The van der Waals surface area contributed by atoms with Crippen LogP contribution >= 0.6 is 11.6 Å². The first kappa shape index (κ1) is 15.4. The van der Waals surface area contributed by atoms with E-state index in [0.29, 0.717) is 18.9 Å². The molecule has 0 fully saturated rings. The lowest BCUT2D eigenvalue weighted by Gasteiger charge is -2.09. The van der Waals surface area contributed by atoms with Crippen LogP contribution in [0.5, 0.6) is 5.75 Å². The van der Waals surface area contributed by atoms with Crippen molar-refractivity contribution in [2.45, 2.75) is 20.0 Å². The second-order valence-electron chi connectivity index (χ2n) is 4.63. The molecule has 1 nitrogen and oxygen atoms in total. The highest BCUT2D eigenvalue weighted by Crippen LogP contribution is 2.17. The highest BCUT2D eigenvalue weighted by atomic mass is 35.5. The first-order valence-corrected chi connectivity index (χ1v) is 7.25. The highest BCUT2D eigenvalue weighted by molar-refractivity contribution is 6.18. The second kappa shape index (κ2) is 7.71. The van der Waals surface area contributed by atoms with Crippen molar-refractivity contribution in [3.05, 3.63) is 65.0 Å². The van der Waals surface area contributed by atoms with Gasteiger partial charge in [-0.25, -0.2) is 4.39 Å². The number of ether oxygens (including phenoxy) is 1. The minimum atomic E-state index is -0.229. The molecule has 0 saturated heterocycles. The number of aryl methyl sites for hydroxylation is 1. The number of benzene rings is 2. The first-order valence-electron chi connectivity index (χ1n) is 6.72. The van der Waals surface area contributed by atoms with Gasteiger partial charge in [-0.1, -0.05) is 24.0 Å². The Hall–Kier alpha value is -1.98. The zero-order valence-corrected chi connectivity index (χ0v) is 12.6. The van der Waals surface area contributed by atoms with Crippen LogP contribution in [0.1, 0.15) is 23.1 Å². The van der Waals surface area contributed by atoms with Crippen molar-refractivity contribution >= 4 is 11.6 Å². The zero-order chi connectivity index (χ0) is 15.1. The fourth-order valence-corrected chi connectivity index (χ4v) is 1.95. The van der Waals surface area contributed by atoms with Gasteiger partial charge in [0.2, 0.25) is 0 Å². The molecule has 2 rings (SSSR count). The van der Waals surface area contributed by atoms with Crippen LogP contribution in [0.15, 0.2) is 42.5 Å². The number of alkyl halides is 1. The highest BCUT2D eigenvalue weighted by Gasteiger charge is 2.02. The summed E-state index contributed by atoms with van der Waals surface area (Å²) >= 11 is 5.59. The van der Waals surface area contributed by atoms with E-state index >= 15 is 0 Å². The number of halogens is 2. The molecule has 0 aromatic heterocycles. The van der Waals surface area contributed by atoms with Gasteiger partial charge in [-0.2, -0.15) is 0 Å². The molecular weight excluding hydrogens is 287 g/mol. The van der Waals surface area contributed by atoms with Gasteiger partial charge in [0.15, 0.2) is 0 Å². The van der Waals surface area contributed by atoms with Crippen LogP contribution in [0.25, 0.3) is 0 Å². The van der Waals surface area contributed by atoms with Crippen molar-refractivity contribution in [3.8, 4) is 17.6 Å². The van der Waals surface area contributed by atoms with Gasteiger partial charge in [-0.05, 0) is 48.4 Å². The topological polar surface area (TPSA) is 9.23 Å². The molecule has 0 aliphatic heterocycles. The molecule has 0 aliphatic rings. The second-order valence-corrected chi connectivity index (χ2v) is 5.01. The lowest BCUT2D eigenvalue weighted by molar-refractivity contribution is 0.305. The van der Waals surface area contributed by atoms with Crippen molar-refractivity contribution in [2.24, 2.45) is 0 Å². The molecule has 2 aromatic carbocycles. The molecular formula is C18H16ClFO. The van der Waals surface area contributed by atoms with Gasteiger partial charge in [-0.15, -0.1) is 11.6 Å². The van der Waals surface area contributed by atoms with Crippen molar-refractivity contribution in [2.75, 3.05) is 5.88 Å². The van der Waals surface area contributed by atoms with Crippen LogP contribution in [-0.2, 0) is 6.61 Å². The van der Waals surface area contributed by atoms with E-state index in [0.717, 1.165) is 22.4 Å². The third-order valence-corrected chi connectivity index (χ3v) is 3.17. The number of rotatable bonds is 4. The molecule has 3 heteroatoms. The van der Waals surface area contributed by atoms with Gasteiger partial charge < -0.3 is 4.74 Å². The number of hydrogen-bond donors (Lipinski definition) is 0. The average Bonchev–Trinajstić information content (AvgIpc) is 2.47. The molecule has 0 heterocycles. The molecule has 0 spiro atoms. The molecule has 0 radical (unpaired) electrons. The molecule has 0 saturated carbocycles. The smallest absolute Gasteiger partial charge is 0.123 e. The van der Waals surface area contributed by atoms with E-state index in [9.17, 15) is 4.39 Å². The fraction of sp³-hybridized carbons (Fsp3) is 0.222. The molecule has 0 atom stereocenters. The van der Waals surface area contributed by atoms with Crippen LogP contribution in [-0.4, -0.2) is 5.88 Å². The molecule has 108 valence electrons. The summed E-state index contributed by atoms with van der Waals surface area (Å²) in [5.74, 6) is 7.08. The predicted octanol–water partition coefficient (Wildman–Crippen LogP) is 4.69. The Morgan fingerprint density at radius 3 is 2.81 bits per heavy atom. The average molecular weight is 303 g/mol. The quantitative estimate of drug-likeness (QED) is 0.588. The number of hydrogen-bond acceptors (Lipinski definition) is 1. The van der Waals surface area contributed by atoms with E-state index in [2.05, 4.69) is 11.8 Å². The van der Waals surface area contributed by atoms with Gasteiger partial charge in [0.1, 0.15) is 18.2 Å². The van der Waals surface area contributed by atoms with Crippen LogP contribution in [0.2, 0.25) is 0 Å². The summed E-state index contributed by atoms with van der Waals surface area (Å²) in [5, 5.41) is 0. The van der Waals surface area contributed by atoms with Gasteiger partial charge in [0.05, 0.1) is 0 Å². The van der Waals surface area contributed by atoms with E-state index in [-0.39, 0.29) is 5.82 Å². The van der Waals surface area contributed by atoms with Crippen LogP contribution in [0.3, 0.4) is 0 Å². The van der Waals surface area contributed by atoms with Crippen LogP contribution in [0.4, 0.5) is 4.39 Å². The summed E-state index contributed by atoms with van der Waals surface area (Å²) in [6, 6.07) is 12.3. The molecule has 0 bridgehead atoms. The van der Waals surface area contributed by atoms with Crippen molar-refractivity contribution in [1.29, 1.82) is 0 Å². The van der Waals surface area contributed by atoms with Gasteiger partial charge in [0, 0.05) is 17.9 Å². The molecule has 0 unspecified atom stereocenters. The first-order chi connectivity index (χ1) is 10.2. The predicted molar refractivity (Wildman–Crippen MR) is 84.1 cm³/mol. The minimum Gasteiger partial charge on any atom is -0.489 e. The summed E-state index contributed by atoms with van der Waals surface area (Å²) in [4.78, 5) is 0. The Labute approximate surface area is 129 Å². The lowest BCUT2D eigenvalue weighted by atomic mass is 10.1. The summed E-state index contributed by atoms with van der Waals surface area (Å²) in [5.41, 5.74) is 2.75. The molecule has 0 aliphatic carbocycles. The van der Waals surface area contributed by atoms with Gasteiger partial charge in [-0.3, -0.25) is 0 Å². The van der Waals surface area contributed by atoms with E-state index in [1.807, 2.05) is 31.2 Å². The minimum absolute atomic E-state index is 0.229. The third-order valence-electron chi connectivity index (χ3n) is 2.99. The molecule has 0 N–H and O–H groups in total. The molecule has 0 amide bonds. The zero-order valence-electron chi connectivity index (χ0n) is 11.8. The summed E-state index contributed by atoms with van der Waals surface area (Å²) in [6.07, 6.45) is 0.668. The summed E-state index contributed by atoms with van der Waals surface area (Å²) in [7, 11) is 0. The summed E-state index contributed by atoms with van der Waals surface area (Å²) < 4.78 is 18.8. The van der Waals surface area contributed by atoms with E-state index in [4.69, 9.17) is 16.3 Å². The largest absolute Gasteiger partial charge is 0.489 e. The summed E-state index contributed by atoms with van der Waals surface area (Å²) in [6.45, 7) is 2.28. The maximum Gasteiger partial charge on any atom is 0.123 e. The van der Waals surface area contributed by atoms with Crippen molar-refractivity contribution in [1.82, 2.24) is 0 Å². The standard InChI is InChI=1S/C18H16ClFO/c1-14-11-17(20)9-8-16(14)13-21-18-7-4-6-15(12-18)5-2-3-10-19/h4,6-9,11-12H,3,10,13H2,1H3. The lowest BCUT2D eigenvalue weighted by Crippen LogP contribution is -1.98. The van der Waals surface area contributed by atoms with Crippen molar-refractivity contribution in [3.63, 3.8) is 0 Å². The van der Waals surface area contributed by atoms with Gasteiger partial charge >= 0.3 is 0 Å². The maximum atomic E-state index is 13.0. The van der Waals surface area contributed by atoms with Crippen LogP contribution in [0, 0.1) is 24.6 Å². The third kappa shape index (κ3) is 4.81. The van der Waals surface area contributed by atoms with Gasteiger partial charge in [0.25, 0.3) is 0 Å². The Morgan fingerprint density at radius 2 is 2.05 bits per heavy atom. The van der Waals surface area contributed by atoms with Crippen LogP contribution < -0.4 is 4.74 Å². The maximum absolute atomic E-state index is 13.0. The normalized spacial score (nSPS) is 9.86. The molecule has 2 aromatic rings. The Kier molecular flexibility index (Phi) is 5.66. The Bertz CT molecular complexity index is 670. The van der Waals surface area contributed by atoms with E-state index in [1.54, 1.807) is 6.07 Å². The monoisotopic (exact) mass is 302 g/mol. The van der Waals surface area contributed by atoms with Crippen molar-refractivity contribution < 1.29 is 9.13 Å². The Balaban J connectivity index is 2.03. The fourth-order valence-electron chi connectivity index (χ4n) is 1.86. The Morgan fingerprint density at radius 1 is 1.19 bits per heavy atom. The van der Waals surface area contributed by atoms with E-state index in [1.165, 1.54) is 12.1 Å². The SMILES string of the molecule is Cc1cc(F)ccc1COc1cccc(C#CCCCl)c1. The van der Waals surface area contributed by atoms with E-state index < -0.39 is 0 Å².